The smallest absolute Gasteiger partial charge is 0.170 e. The zero-order valence-electron chi connectivity index (χ0n) is 10.9. The Morgan fingerprint density at radius 2 is 1.76 bits per heavy atom. The first-order chi connectivity index (χ1) is 9.90. The molecule has 21 heavy (non-hydrogen) atoms. The summed E-state index contributed by atoms with van der Waals surface area (Å²) in [5.41, 5.74) is 0.401. The highest BCUT2D eigenvalue weighted by atomic mass is 16.3. The molecule has 0 heterocycles. The minimum Gasteiger partial charge on any atom is -0.511 e. The number of ketones is 2. The minimum absolute atomic E-state index is 0.0251. The van der Waals surface area contributed by atoms with Gasteiger partial charge in [0.1, 0.15) is 5.76 Å². The summed E-state index contributed by atoms with van der Waals surface area (Å²) < 4.78 is 0. The van der Waals surface area contributed by atoms with Gasteiger partial charge < -0.3 is 20.4 Å². The number of carbonyl (C=O) groups is 2. The van der Waals surface area contributed by atoms with E-state index in [1.807, 2.05) is 0 Å². The molecule has 0 unspecified atom stereocenters. The molecule has 4 atom stereocenters. The van der Waals surface area contributed by atoms with Gasteiger partial charge in [0.15, 0.2) is 23.1 Å². The maximum atomic E-state index is 12.3. The van der Waals surface area contributed by atoms with E-state index in [9.17, 15) is 30.0 Å². The largest absolute Gasteiger partial charge is 0.511 e. The van der Waals surface area contributed by atoms with Crippen LogP contribution in [0.3, 0.4) is 0 Å². The van der Waals surface area contributed by atoms with Crippen molar-refractivity contribution in [1.29, 1.82) is 0 Å². The number of carbonyl (C=O) groups excluding carboxylic acids is 2. The molecule has 4 N–H and O–H groups in total. The molecule has 2 bridgehead atoms. The van der Waals surface area contributed by atoms with Crippen LogP contribution in [0.4, 0.5) is 0 Å². The molecule has 2 aliphatic carbocycles. The van der Waals surface area contributed by atoms with Crippen molar-refractivity contribution in [3.8, 4) is 11.5 Å². The van der Waals surface area contributed by atoms with E-state index in [-0.39, 0.29) is 23.7 Å². The monoisotopic (exact) mass is 290 g/mol. The number of aliphatic hydroxyl groups is 2. The van der Waals surface area contributed by atoms with Crippen molar-refractivity contribution in [2.24, 2.45) is 11.8 Å². The predicted octanol–water partition coefficient (Wildman–Crippen LogP) is 0.772. The maximum absolute atomic E-state index is 12.3. The van der Waals surface area contributed by atoms with Gasteiger partial charge in [0.05, 0.1) is 17.9 Å². The van der Waals surface area contributed by atoms with E-state index in [4.69, 9.17) is 0 Å². The molecule has 1 aromatic rings. The van der Waals surface area contributed by atoms with Crippen LogP contribution in [-0.2, 0) is 9.59 Å². The van der Waals surface area contributed by atoms with E-state index in [2.05, 4.69) is 0 Å². The molecule has 0 saturated heterocycles. The van der Waals surface area contributed by atoms with Crippen LogP contribution in [0.5, 0.6) is 11.5 Å². The second kappa shape index (κ2) is 4.60. The van der Waals surface area contributed by atoms with Gasteiger partial charge in [0.2, 0.25) is 0 Å². The Hall–Kier alpha value is -2.34. The summed E-state index contributed by atoms with van der Waals surface area (Å²) in [6, 6.07) is 3.94. The Kier molecular flexibility index (Phi) is 2.98. The number of aromatic hydroxyl groups is 2. The number of rotatable bonds is 1. The molecule has 110 valence electrons. The van der Waals surface area contributed by atoms with Gasteiger partial charge >= 0.3 is 0 Å². The summed E-state index contributed by atoms with van der Waals surface area (Å²) in [6.45, 7) is 0. The number of allylic oxidation sites excluding steroid dienone is 2. The van der Waals surface area contributed by atoms with Gasteiger partial charge in [0, 0.05) is 12.0 Å². The lowest BCUT2D eigenvalue weighted by Crippen LogP contribution is -2.48. The third-order valence-corrected chi connectivity index (χ3v) is 4.24. The Bertz CT molecular complexity index is 662. The van der Waals surface area contributed by atoms with Crippen LogP contribution in [0, 0.1) is 11.8 Å². The molecule has 1 aromatic carbocycles. The van der Waals surface area contributed by atoms with E-state index in [0.717, 1.165) is 6.08 Å². The quantitative estimate of drug-likeness (QED) is 0.448. The van der Waals surface area contributed by atoms with Crippen molar-refractivity contribution in [1.82, 2.24) is 0 Å². The number of phenolic OH excluding ortho intramolecular Hbond substituents is 2. The summed E-state index contributed by atoms with van der Waals surface area (Å²) in [5, 5.41) is 38.8. The van der Waals surface area contributed by atoms with Gasteiger partial charge in [-0.1, -0.05) is 6.07 Å². The van der Waals surface area contributed by atoms with Gasteiger partial charge in [-0.3, -0.25) is 9.59 Å². The number of benzene rings is 1. The van der Waals surface area contributed by atoms with Gasteiger partial charge in [-0.15, -0.1) is 0 Å². The molecule has 3 rings (SSSR count). The molecule has 1 saturated carbocycles. The number of Topliss-reactive ketones (excluding diaryl/α,β-unsaturated/α-hetero) is 1. The van der Waals surface area contributed by atoms with Crippen molar-refractivity contribution in [3.05, 3.63) is 35.6 Å². The molecule has 6 nitrogen and oxygen atoms in total. The van der Waals surface area contributed by atoms with Crippen LogP contribution in [-0.4, -0.2) is 38.1 Å². The highest BCUT2D eigenvalue weighted by Crippen LogP contribution is 2.44. The van der Waals surface area contributed by atoms with Crippen LogP contribution >= 0.6 is 0 Å². The van der Waals surface area contributed by atoms with E-state index in [1.165, 1.54) is 18.2 Å². The number of hydrogen-bond donors (Lipinski definition) is 4. The first-order valence-electron chi connectivity index (χ1n) is 6.58. The van der Waals surface area contributed by atoms with Gasteiger partial charge in [-0.05, 0) is 24.1 Å². The summed E-state index contributed by atoms with van der Waals surface area (Å²) in [6.07, 6.45) is 0.0640. The SMILES string of the molecule is O=C1C=C(O)[C@@H]2C[C@H](O)[C@@H](c3ccc(O)c(O)c3)[C@@H]1C2=O. The summed E-state index contributed by atoms with van der Waals surface area (Å²) in [4.78, 5) is 24.3. The zero-order chi connectivity index (χ0) is 15.3. The lowest BCUT2D eigenvalue weighted by atomic mass is 9.64. The Morgan fingerprint density at radius 1 is 1.05 bits per heavy atom. The third-order valence-electron chi connectivity index (χ3n) is 4.24. The molecular formula is C15H14O6. The maximum Gasteiger partial charge on any atom is 0.170 e. The number of fused-ring (bicyclic) bond motifs is 2. The molecule has 1 fully saturated rings. The lowest BCUT2D eigenvalue weighted by molar-refractivity contribution is -0.141. The van der Waals surface area contributed by atoms with E-state index in [0.29, 0.717) is 5.56 Å². The van der Waals surface area contributed by atoms with Crippen molar-refractivity contribution >= 4 is 11.6 Å². The van der Waals surface area contributed by atoms with Crippen molar-refractivity contribution in [2.45, 2.75) is 18.4 Å². The molecule has 0 spiro atoms. The highest BCUT2D eigenvalue weighted by molar-refractivity contribution is 6.13. The fraction of sp³-hybridized carbons (Fsp3) is 0.333. The van der Waals surface area contributed by atoms with Crippen LogP contribution < -0.4 is 0 Å². The van der Waals surface area contributed by atoms with Gasteiger partial charge in [-0.25, -0.2) is 0 Å². The summed E-state index contributed by atoms with van der Waals surface area (Å²) in [7, 11) is 0. The van der Waals surface area contributed by atoms with E-state index >= 15 is 0 Å². The Morgan fingerprint density at radius 3 is 2.43 bits per heavy atom. The molecule has 0 aliphatic heterocycles. The second-order valence-electron chi connectivity index (χ2n) is 5.48. The Balaban J connectivity index is 2.08. The molecule has 0 amide bonds. The molecule has 0 aromatic heterocycles. The van der Waals surface area contributed by atoms with Gasteiger partial charge in [-0.2, -0.15) is 0 Å². The molecular weight excluding hydrogens is 276 g/mol. The summed E-state index contributed by atoms with van der Waals surface area (Å²) >= 11 is 0. The average Bonchev–Trinajstić information content (AvgIpc) is 2.41. The minimum atomic E-state index is -1.07. The fourth-order valence-corrected chi connectivity index (χ4v) is 3.20. The van der Waals surface area contributed by atoms with Crippen molar-refractivity contribution < 1.29 is 30.0 Å². The van der Waals surface area contributed by atoms with Crippen LogP contribution in [0.25, 0.3) is 0 Å². The number of aliphatic hydroxyl groups excluding tert-OH is 2. The Labute approximate surface area is 120 Å². The third kappa shape index (κ3) is 1.99. The topological polar surface area (TPSA) is 115 Å². The lowest BCUT2D eigenvalue weighted by Gasteiger charge is -2.39. The average molecular weight is 290 g/mol. The van der Waals surface area contributed by atoms with Crippen LogP contribution in [0.1, 0.15) is 17.9 Å². The first kappa shape index (κ1) is 13.6. The molecule has 6 heteroatoms. The van der Waals surface area contributed by atoms with Gasteiger partial charge in [0.25, 0.3) is 0 Å². The fourth-order valence-electron chi connectivity index (χ4n) is 3.20. The first-order valence-corrected chi connectivity index (χ1v) is 6.58. The normalized spacial score (nSPS) is 32.0. The van der Waals surface area contributed by atoms with E-state index in [1.54, 1.807) is 0 Å². The highest BCUT2D eigenvalue weighted by Gasteiger charge is 2.51. The zero-order valence-corrected chi connectivity index (χ0v) is 10.9. The van der Waals surface area contributed by atoms with E-state index < -0.39 is 35.4 Å². The second-order valence-corrected chi connectivity index (χ2v) is 5.48. The van der Waals surface area contributed by atoms with Crippen molar-refractivity contribution in [3.63, 3.8) is 0 Å². The van der Waals surface area contributed by atoms with Crippen molar-refractivity contribution in [2.75, 3.05) is 0 Å². The number of hydrogen-bond acceptors (Lipinski definition) is 6. The van der Waals surface area contributed by atoms with Crippen LogP contribution in [0.2, 0.25) is 0 Å². The molecule has 0 radical (unpaired) electrons. The number of phenols is 2. The summed E-state index contributed by atoms with van der Waals surface area (Å²) in [5.74, 6) is -4.67. The predicted molar refractivity (Wildman–Crippen MR) is 70.8 cm³/mol. The molecule has 2 aliphatic rings. The standard InChI is InChI=1S/C15H14O6/c16-8-2-1-6(3-10(8)18)13-11(19)4-7-9(17)5-12(20)14(13)15(7)21/h1-3,5,7,11,13-14,16-19H,4H2/t7-,11-,13+,14+/m0/s1. The van der Waals surface area contributed by atoms with Crippen LogP contribution in [0.15, 0.2) is 30.0 Å².